The number of amides is 1. The first kappa shape index (κ1) is 26.8. The summed E-state index contributed by atoms with van der Waals surface area (Å²) in [6, 6.07) is 6.41. The zero-order valence-electron chi connectivity index (χ0n) is 21.1. The van der Waals surface area contributed by atoms with Crippen molar-refractivity contribution in [1.29, 1.82) is 0 Å². The standard InChI is InChI=1S/C26H33F3N6O2/c1-17(20-5-10-31-23(30)15-20)34-11-8-19(9-12-34)25(36)35-13-6-18(7-14-35)24(33-37-2)21-3-4-22(32-16-21)26(27,28)29/h3-5,10,15-19H,6-9,11-14H2,1-2H3,(H2,30,31). The lowest BCUT2D eigenvalue weighted by atomic mass is 9.87. The number of pyridine rings is 2. The summed E-state index contributed by atoms with van der Waals surface area (Å²) in [5.74, 6) is 0.651. The maximum absolute atomic E-state index is 13.3. The first-order valence-corrected chi connectivity index (χ1v) is 12.6. The number of oxime groups is 1. The molecule has 0 aromatic carbocycles. The summed E-state index contributed by atoms with van der Waals surface area (Å²) in [6.45, 7) is 4.97. The van der Waals surface area contributed by atoms with Gasteiger partial charge in [-0.05, 0) is 75.5 Å². The number of anilines is 1. The van der Waals surface area contributed by atoms with Crippen LogP contribution < -0.4 is 5.73 Å². The zero-order chi connectivity index (χ0) is 26.6. The van der Waals surface area contributed by atoms with Gasteiger partial charge in [-0.3, -0.25) is 14.7 Å². The second kappa shape index (κ2) is 11.5. The topological polar surface area (TPSA) is 96.9 Å². The lowest BCUT2D eigenvalue weighted by Gasteiger charge is -2.39. The number of halogens is 3. The highest BCUT2D eigenvalue weighted by Crippen LogP contribution is 2.31. The third kappa shape index (κ3) is 6.38. The van der Waals surface area contributed by atoms with Crippen LogP contribution in [0.4, 0.5) is 19.0 Å². The van der Waals surface area contributed by atoms with Crippen LogP contribution in [0.25, 0.3) is 0 Å². The maximum Gasteiger partial charge on any atom is 0.433 e. The summed E-state index contributed by atoms with van der Waals surface area (Å²) in [7, 11) is 1.41. The van der Waals surface area contributed by atoms with Crippen molar-refractivity contribution in [3.63, 3.8) is 0 Å². The van der Waals surface area contributed by atoms with Crippen LogP contribution >= 0.6 is 0 Å². The Balaban J connectivity index is 1.31. The van der Waals surface area contributed by atoms with Crippen molar-refractivity contribution in [2.75, 3.05) is 39.0 Å². The molecule has 2 N–H and O–H groups in total. The van der Waals surface area contributed by atoms with Crippen molar-refractivity contribution < 1.29 is 22.8 Å². The molecule has 0 saturated carbocycles. The van der Waals surface area contributed by atoms with E-state index in [9.17, 15) is 18.0 Å². The van der Waals surface area contributed by atoms with E-state index in [0.717, 1.165) is 37.6 Å². The van der Waals surface area contributed by atoms with Gasteiger partial charge in [0.1, 0.15) is 18.6 Å². The molecule has 2 fully saturated rings. The van der Waals surface area contributed by atoms with E-state index in [4.69, 9.17) is 10.6 Å². The van der Waals surface area contributed by atoms with E-state index in [1.165, 1.54) is 19.4 Å². The van der Waals surface area contributed by atoms with Gasteiger partial charge in [0.2, 0.25) is 5.91 Å². The van der Waals surface area contributed by atoms with Crippen LogP contribution in [0.1, 0.15) is 55.5 Å². The molecule has 2 aromatic heterocycles. The van der Waals surface area contributed by atoms with Crippen LogP contribution in [0, 0.1) is 11.8 Å². The number of likely N-dealkylation sites (tertiary alicyclic amines) is 2. The number of hydrogen-bond donors (Lipinski definition) is 1. The summed E-state index contributed by atoms with van der Waals surface area (Å²) >= 11 is 0. The number of nitrogen functional groups attached to an aromatic ring is 1. The van der Waals surface area contributed by atoms with Crippen LogP contribution in [0.2, 0.25) is 0 Å². The third-order valence-electron chi connectivity index (χ3n) is 7.45. The van der Waals surface area contributed by atoms with Gasteiger partial charge in [-0.2, -0.15) is 13.2 Å². The summed E-state index contributed by atoms with van der Waals surface area (Å²) in [5, 5.41) is 4.10. The molecule has 1 amide bonds. The molecular weight excluding hydrogens is 485 g/mol. The average Bonchev–Trinajstić information content (AvgIpc) is 2.91. The van der Waals surface area contributed by atoms with Crippen molar-refractivity contribution >= 4 is 17.4 Å². The molecule has 2 aliphatic heterocycles. The molecule has 4 heterocycles. The third-order valence-corrected chi connectivity index (χ3v) is 7.45. The number of hydrogen-bond acceptors (Lipinski definition) is 7. The number of nitrogens with zero attached hydrogens (tertiary/aromatic N) is 5. The summed E-state index contributed by atoms with van der Waals surface area (Å²) in [5.41, 5.74) is 7.07. The van der Waals surface area contributed by atoms with Gasteiger partial charge < -0.3 is 15.5 Å². The Morgan fingerprint density at radius 2 is 1.76 bits per heavy atom. The minimum atomic E-state index is -4.50. The van der Waals surface area contributed by atoms with E-state index in [1.54, 1.807) is 6.20 Å². The lowest BCUT2D eigenvalue weighted by Crippen LogP contribution is -2.46. The second-order valence-electron chi connectivity index (χ2n) is 9.69. The van der Waals surface area contributed by atoms with Crippen LogP contribution in [-0.4, -0.2) is 64.7 Å². The molecule has 11 heteroatoms. The Hall–Kier alpha value is -3.21. The van der Waals surface area contributed by atoms with Crippen molar-refractivity contribution in [3.05, 3.63) is 53.5 Å². The van der Waals surface area contributed by atoms with Crippen molar-refractivity contribution in [2.45, 2.75) is 44.8 Å². The van der Waals surface area contributed by atoms with Crippen molar-refractivity contribution in [2.24, 2.45) is 17.0 Å². The normalized spacial score (nSPS) is 19.6. The van der Waals surface area contributed by atoms with E-state index in [-0.39, 0.29) is 23.8 Å². The minimum absolute atomic E-state index is 0.00580. The number of carbonyl (C=O) groups is 1. The first-order chi connectivity index (χ1) is 17.7. The molecule has 2 saturated heterocycles. The fraction of sp³-hybridized carbons (Fsp3) is 0.538. The van der Waals surface area contributed by atoms with Gasteiger partial charge in [-0.15, -0.1) is 0 Å². The Morgan fingerprint density at radius 1 is 1.08 bits per heavy atom. The molecule has 2 aliphatic rings. The number of aromatic nitrogens is 2. The molecule has 8 nitrogen and oxygen atoms in total. The Bertz CT molecular complexity index is 1090. The average molecular weight is 519 g/mol. The SMILES string of the molecule is CON=C(c1ccc(C(F)(F)F)nc1)C1CCN(C(=O)C2CCN(C(C)c3ccnc(N)c3)CC2)CC1. The molecule has 4 rings (SSSR count). The quantitative estimate of drug-likeness (QED) is 0.456. The number of alkyl halides is 3. The van der Waals surface area contributed by atoms with Crippen molar-refractivity contribution in [1.82, 2.24) is 19.8 Å². The zero-order valence-corrected chi connectivity index (χ0v) is 21.1. The predicted molar refractivity (Wildman–Crippen MR) is 133 cm³/mol. The predicted octanol–water partition coefficient (Wildman–Crippen LogP) is 4.14. The van der Waals surface area contributed by atoms with Gasteiger partial charge in [-0.1, -0.05) is 5.16 Å². The number of carbonyl (C=O) groups excluding carboxylic acids is 1. The maximum atomic E-state index is 13.3. The van der Waals surface area contributed by atoms with E-state index in [1.807, 2.05) is 17.0 Å². The van der Waals surface area contributed by atoms with Gasteiger partial charge in [-0.25, -0.2) is 4.98 Å². The van der Waals surface area contributed by atoms with Crippen LogP contribution in [0.5, 0.6) is 0 Å². The molecule has 200 valence electrons. The fourth-order valence-corrected chi connectivity index (χ4v) is 5.28. The van der Waals surface area contributed by atoms with Gasteiger partial charge >= 0.3 is 6.18 Å². The molecule has 0 bridgehead atoms. The van der Waals surface area contributed by atoms with E-state index in [2.05, 4.69) is 26.9 Å². The number of nitrogens with two attached hydrogens (primary N) is 1. The van der Waals surface area contributed by atoms with Gasteiger partial charge in [0.25, 0.3) is 0 Å². The van der Waals surface area contributed by atoms with E-state index < -0.39 is 11.9 Å². The van der Waals surface area contributed by atoms with Gasteiger partial charge in [0, 0.05) is 48.9 Å². The fourth-order valence-electron chi connectivity index (χ4n) is 5.28. The second-order valence-corrected chi connectivity index (χ2v) is 9.69. The van der Waals surface area contributed by atoms with Gasteiger partial charge in [0.15, 0.2) is 0 Å². The largest absolute Gasteiger partial charge is 0.433 e. The monoisotopic (exact) mass is 518 g/mol. The van der Waals surface area contributed by atoms with Crippen LogP contribution in [0.15, 0.2) is 41.8 Å². The lowest BCUT2D eigenvalue weighted by molar-refractivity contribution is -0.141. The molecular formula is C26H33F3N6O2. The highest BCUT2D eigenvalue weighted by atomic mass is 19.4. The molecule has 2 aromatic rings. The molecule has 0 spiro atoms. The Labute approximate surface area is 214 Å². The van der Waals surface area contributed by atoms with Gasteiger partial charge in [0.05, 0.1) is 5.71 Å². The molecule has 0 aliphatic carbocycles. The molecule has 0 radical (unpaired) electrons. The highest BCUT2D eigenvalue weighted by molar-refractivity contribution is 6.01. The number of rotatable bonds is 6. The molecule has 1 atom stereocenters. The Kier molecular flexibility index (Phi) is 8.31. The summed E-state index contributed by atoms with van der Waals surface area (Å²) < 4.78 is 38.7. The summed E-state index contributed by atoms with van der Waals surface area (Å²) in [6.07, 6.45) is 1.34. The van der Waals surface area contributed by atoms with E-state index >= 15 is 0 Å². The first-order valence-electron chi connectivity index (χ1n) is 12.6. The smallest absolute Gasteiger partial charge is 0.399 e. The summed E-state index contributed by atoms with van der Waals surface area (Å²) in [4.78, 5) is 30.2. The van der Waals surface area contributed by atoms with E-state index in [0.29, 0.717) is 43.0 Å². The molecule has 1 unspecified atom stereocenters. The van der Waals surface area contributed by atoms with Crippen LogP contribution in [0.3, 0.4) is 0 Å². The Morgan fingerprint density at radius 3 is 2.32 bits per heavy atom. The number of piperidine rings is 2. The minimum Gasteiger partial charge on any atom is -0.399 e. The highest BCUT2D eigenvalue weighted by Gasteiger charge is 2.35. The van der Waals surface area contributed by atoms with Crippen molar-refractivity contribution in [3.8, 4) is 0 Å². The molecule has 37 heavy (non-hydrogen) atoms. The van der Waals surface area contributed by atoms with Crippen LogP contribution in [-0.2, 0) is 15.8 Å².